The molecule has 32 heavy (non-hydrogen) atoms. The average Bonchev–Trinajstić information content (AvgIpc) is 3.30. The van der Waals surface area contributed by atoms with Gasteiger partial charge in [0.25, 0.3) is 0 Å². The van der Waals surface area contributed by atoms with E-state index in [2.05, 4.69) is 0 Å². The van der Waals surface area contributed by atoms with Gasteiger partial charge in [-0.25, -0.2) is 14.5 Å². The Hall–Kier alpha value is -3.94. The zero-order valence-corrected chi connectivity index (χ0v) is 17.4. The van der Waals surface area contributed by atoms with E-state index in [0.29, 0.717) is 0 Å². The molecule has 0 aromatic heterocycles. The van der Waals surface area contributed by atoms with Gasteiger partial charge in [-0.2, -0.15) is 0 Å². The standard InChI is InChI=1S/C24H20N2O6/c1-31-23(29)15-9-5-6-10-16(15)26-21(27)17-18(22(26)28)20(24(30)32-2)25-12-11-13-7-3-4-8-14(13)19(17)25/h3-12,17-20H,1-2H3. The van der Waals surface area contributed by atoms with Gasteiger partial charge in [-0.1, -0.05) is 36.4 Å². The van der Waals surface area contributed by atoms with Crippen molar-refractivity contribution in [2.24, 2.45) is 11.8 Å². The van der Waals surface area contributed by atoms with E-state index in [-0.39, 0.29) is 11.3 Å². The van der Waals surface area contributed by atoms with Crippen LogP contribution >= 0.6 is 0 Å². The zero-order chi connectivity index (χ0) is 22.6. The van der Waals surface area contributed by atoms with Gasteiger partial charge in [-0.15, -0.1) is 0 Å². The van der Waals surface area contributed by atoms with E-state index < -0.39 is 47.7 Å². The van der Waals surface area contributed by atoms with Crippen LogP contribution in [0.15, 0.2) is 54.7 Å². The van der Waals surface area contributed by atoms with Crippen LogP contribution in [-0.4, -0.2) is 48.9 Å². The number of carbonyl (C=O) groups excluding carboxylic acids is 4. The van der Waals surface area contributed by atoms with E-state index in [0.717, 1.165) is 16.0 Å². The van der Waals surface area contributed by atoms with Gasteiger partial charge in [0.15, 0.2) is 0 Å². The molecule has 0 N–H and O–H groups in total. The zero-order valence-electron chi connectivity index (χ0n) is 17.4. The van der Waals surface area contributed by atoms with Crippen LogP contribution < -0.4 is 4.90 Å². The summed E-state index contributed by atoms with van der Waals surface area (Å²) < 4.78 is 9.84. The number of nitrogens with zero attached hydrogens (tertiary/aromatic N) is 2. The first-order chi connectivity index (χ1) is 15.5. The molecule has 0 radical (unpaired) electrons. The van der Waals surface area contributed by atoms with Crippen LogP contribution in [0.4, 0.5) is 5.69 Å². The molecule has 8 nitrogen and oxygen atoms in total. The normalized spacial score (nSPS) is 25.3. The second kappa shape index (κ2) is 7.33. The van der Waals surface area contributed by atoms with Gasteiger partial charge in [0.05, 0.1) is 43.3 Å². The van der Waals surface area contributed by atoms with E-state index >= 15 is 0 Å². The first-order valence-electron chi connectivity index (χ1n) is 10.2. The molecule has 2 aromatic rings. The van der Waals surface area contributed by atoms with Gasteiger partial charge in [-0.05, 0) is 29.3 Å². The van der Waals surface area contributed by atoms with Crippen molar-refractivity contribution in [1.29, 1.82) is 0 Å². The highest BCUT2D eigenvalue weighted by Crippen LogP contribution is 2.53. The molecule has 0 aliphatic carbocycles. The number of amides is 2. The molecule has 5 rings (SSSR count). The SMILES string of the molecule is COC(=O)c1ccccc1N1C(=O)C2C(C1=O)C1c3ccccc3C=CN1C2C(=O)OC. The van der Waals surface area contributed by atoms with Crippen LogP contribution in [0.25, 0.3) is 6.08 Å². The monoisotopic (exact) mass is 432 g/mol. The molecule has 162 valence electrons. The fraction of sp³-hybridized carbons (Fsp3) is 0.250. The maximum absolute atomic E-state index is 13.7. The number of imide groups is 1. The molecule has 8 heteroatoms. The molecule has 3 aliphatic heterocycles. The molecular formula is C24H20N2O6. The largest absolute Gasteiger partial charge is 0.467 e. The number of hydrogen-bond donors (Lipinski definition) is 0. The van der Waals surface area contributed by atoms with Crippen LogP contribution in [0.3, 0.4) is 0 Å². The lowest BCUT2D eigenvalue weighted by atomic mass is 9.84. The average molecular weight is 432 g/mol. The van der Waals surface area contributed by atoms with E-state index in [1.807, 2.05) is 30.3 Å². The van der Waals surface area contributed by atoms with Crippen molar-refractivity contribution in [3.05, 3.63) is 71.4 Å². The molecule has 4 unspecified atom stereocenters. The first-order valence-corrected chi connectivity index (χ1v) is 10.2. The van der Waals surface area contributed by atoms with Crippen molar-refractivity contribution in [2.75, 3.05) is 19.1 Å². The molecule has 3 heterocycles. The number of anilines is 1. The summed E-state index contributed by atoms with van der Waals surface area (Å²) in [6, 6.07) is 12.4. The first kappa shape index (κ1) is 20.0. The minimum atomic E-state index is -0.952. The van der Waals surface area contributed by atoms with Crippen LogP contribution in [0.2, 0.25) is 0 Å². The quantitative estimate of drug-likeness (QED) is 0.542. The lowest BCUT2D eigenvalue weighted by Gasteiger charge is -2.34. The molecule has 2 amide bonds. The Bertz CT molecular complexity index is 1190. The smallest absolute Gasteiger partial charge is 0.339 e. The summed E-state index contributed by atoms with van der Waals surface area (Å²) in [4.78, 5) is 55.2. The Labute approximate surface area is 184 Å². The highest BCUT2D eigenvalue weighted by Gasteiger charge is 2.65. The number of carbonyl (C=O) groups is 4. The highest BCUT2D eigenvalue weighted by atomic mass is 16.5. The third-order valence-electron chi connectivity index (χ3n) is 6.45. The Morgan fingerprint density at radius 3 is 2.31 bits per heavy atom. The predicted molar refractivity (Wildman–Crippen MR) is 113 cm³/mol. The molecular weight excluding hydrogens is 412 g/mol. The number of esters is 2. The summed E-state index contributed by atoms with van der Waals surface area (Å²) in [6.07, 6.45) is 3.61. The van der Waals surface area contributed by atoms with Crippen molar-refractivity contribution in [2.45, 2.75) is 12.1 Å². The molecule has 2 fully saturated rings. The third kappa shape index (κ3) is 2.62. The minimum absolute atomic E-state index is 0.104. The summed E-state index contributed by atoms with van der Waals surface area (Å²) in [5.74, 6) is -3.98. The summed E-state index contributed by atoms with van der Waals surface area (Å²) in [5, 5.41) is 0. The number of fused-ring (bicyclic) bond motifs is 5. The van der Waals surface area contributed by atoms with Gasteiger partial charge < -0.3 is 14.4 Å². The topological polar surface area (TPSA) is 93.2 Å². The van der Waals surface area contributed by atoms with Crippen molar-refractivity contribution in [1.82, 2.24) is 4.90 Å². The Kier molecular flexibility index (Phi) is 4.58. The summed E-state index contributed by atoms with van der Waals surface area (Å²) >= 11 is 0. The van der Waals surface area contributed by atoms with E-state index in [9.17, 15) is 19.2 Å². The van der Waals surface area contributed by atoms with Gasteiger partial charge in [0, 0.05) is 6.20 Å². The minimum Gasteiger partial charge on any atom is -0.467 e. The van der Waals surface area contributed by atoms with E-state index in [1.165, 1.54) is 26.4 Å². The molecule has 0 spiro atoms. The maximum atomic E-state index is 13.7. The molecule has 2 saturated heterocycles. The molecule has 4 atom stereocenters. The van der Waals surface area contributed by atoms with Crippen LogP contribution in [0.1, 0.15) is 27.5 Å². The van der Waals surface area contributed by atoms with Gasteiger partial charge in [0.1, 0.15) is 6.04 Å². The number of ether oxygens (including phenoxy) is 2. The second-order valence-corrected chi connectivity index (χ2v) is 7.88. The number of methoxy groups -OCH3 is 2. The summed E-state index contributed by atoms with van der Waals surface area (Å²) in [6.45, 7) is 0. The number of hydrogen-bond acceptors (Lipinski definition) is 7. The third-order valence-corrected chi connectivity index (χ3v) is 6.45. The molecule has 3 aliphatic rings. The van der Waals surface area contributed by atoms with Crippen molar-refractivity contribution in [3.8, 4) is 0 Å². The van der Waals surface area contributed by atoms with Crippen molar-refractivity contribution in [3.63, 3.8) is 0 Å². The Morgan fingerprint density at radius 2 is 1.56 bits per heavy atom. The van der Waals surface area contributed by atoms with Gasteiger partial charge >= 0.3 is 11.9 Å². The lowest BCUT2D eigenvalue weighted by Crippen LogP contribution is -2.45. The number of benzene rings is 2. The van der Waals surface area contributed by atoms with Crippen LogP contribution in [0.5, 0.6) is 0 Å². The fourth-order valence-electron chi connectivity index (χ4n) is 5.14. The molecule has 0 saturated carbocycles. The molecule has 2 aromatic carbocycles. The number of para-hydroxylation sites is 1. The van der Waals surface area contributed by atoms with Crippen molar-refractivity contribution < 1.29 is 28.7 Å². The Morgan fingerprint density at radius 1 is 0.875 bits per heavy atom. The summed E-state index contributed by atoms with van der Waals surface area (Å²) in [7, 11) is 2.50. The second-order valence-electron chi connectivity index (χ2n) is 7.88. The van der Waals surface area contributed by atoms with Crippen LogP contribution in [0, 0.1) is 11.8 Å². The van der Waals surface area contributed by atoms with Gasteiger partial charge in [-0.3, -0.25) is 9.59 Å². The highest BCUT2D eigenvalue weighted by molar-refractivity contribution is 6.25. The van der Waals surface area contributed by atoms with Gasteiger partial charge in [0.2, 0.25) is 11.8 Å². The molecule has 0 bridgehead atoms. The lowest BCUT2D eigenvalue weighted by molar-refractivity contribution is -0.148. The Balaban J connectivity index is 1.66. The van der Waals surface area contributed by atoms with Crippen molar-refractivity contribution >= 4 is 35.5 Å². The van der Waals surface area contributed by atoms with Crippen LogP contribution in [-0.2, 0) is 23.9 Å². The van der Waals surface area contributed by atoms with E-state index in [1.54, 1.807) is 23.2 Å². The maximum Gasteiger partial charge on any atom is 0.339 e. The number of rotatable bonds is 3. The summed E-state index contributed by atoms with van der Waals surface area (Å²) in [5.41, 5.74) is 2.04. The van der Waals surface area contributed by atoms with E-state index in [4.69, 9.17) is 9.47 Å². The predicted octanol–water partition coefficient (Wildman–Crippen LogP) is 2.16. The fourth-order valence-corrected chi connectivity index (χ4v) is 5.14.